The minimum atomic E-state index is -2.99. The molecule has 0 bridgehead atoms. The zero-order valence-electron chi connectivity index (χ0n) is 11.4. The molecule has 0 atom stereocenters. The van der Waals surface area contributed by atoms with Crippen LogP contribution < -0.4 is 15.2 Å². The molecule has 2 N–H and O–H groups in total. The van der Waals surface area contributed by atoms with Gasteiger partial charge in [-0.15, -0.1) is 0 Å². The van der Waals surface area contributed by atoms with Crippen molar-refractivity contribution >= 4 is 0 Å². The maximum absolute atomic E-state index is 13.7. The largest absolute Gasteiger partial charge is 0.493 e. The Morgan fingerprint density at radius 1 is 1.26 bits per heavy atom. The summed E-state index contributed by atoms with van der Waals surface area (Å²) in [4.78, 5) is 0. The SMILES string of the molecule is COc1cc(CC2(N)CC2)cc(C(C)(F)F)c1OC. The molecule has 2 rings (SSSR count). The number of ether oxygens (including phenoxy) is 2. The molecule has 0 aromatic heterocycles. The van der Waals surface area contributed by atoms with Crippen molar-refractivity contribution in [2.75, 3.05) is 14.2 Å². The van der Waals surface area contributed by atoms with Crippen LogP contribution in [0.4, 0.5) is 8.78 Å². The number of alkyl halides is 2. The Morgan fingerprint density at radius 2 is 1.89 bits per heavy atom. The lowest BCUT2D eigenvalue weighted by atomic mass is 9.98. The van der Waals surface area contributed by atoms with Crippen molar-refractivity contribution in [2.24, 2.45) is 5.73 Å². The van der Waals surface area contributed by atoms with E-state index in [9.17, 15) is 8.78 Å². The molecule has 3 nitrogen and oxygen atoms in total. The maximum atomic E-state index is 13.7. The molecule has 1 aromatic carbocycles. The molecule has 0 amide bonds. The van der Waals surface area contributed by atoms with E-state index in [-0.39, 0.29) is 16.9 Å². The summed E-state index contributed by atoms with van der Waals surface area (Å²) < 4.78 is 37.6. The molecule has 0 radical (unpaired) electrons. The zero-order chi connectivity index (χ0) is 14.3. The Hall–Kier alpha value is -1.36. The van der Waals surface area contributed by atoms with Gasteiger partial charge in [-0.25, -0.2) is 8.78 Å². The molecule has 19 heavy (non-hydrogen) atoms. The molecule has 1 aliphatic rings. The van der Waals surface area contributed by atoms with E-state index in [1.54, 1.807) is 6.07 Å². The highest BCUT2D eigenvalue weighted by molar-refractivity contribution is 5.51. The molecule has 106 valence electrons. The van der Waals surface area contributed by atoms with E-state index < -0.39 is 5.92 Å². The van der Waals surface area contributed by atoms with Gasteiger partial charge in [0.05, 0.1) is 19.8 Å². The predicted octanol–water partition coefficient (Wildman–Crippen LogP) is 2.85. The summed E-state index contributed by atoms with van der Waals surface area (Å²) in [5.74, 6) is -2.58. The van der Waals surface area contributed by atoms with Gasteiger partial charge in [0.25, 0.3) is 5.92 Å². The quantitative estimate of drug-likeness (QED) is 0.895. The zero-order valence-corrected chi connectivity index (χ0v) is 11.4. The van der Waals surface area contributed by atoms with Crippen LogP contribution in [0.5, 0.6) is 11.5 Å². The summed E-state index contributed by atoms with van der Waals surface area (Å²) in [6, 6.07) is 3.19. The molecule has 5 heteroatoms. The maximum Gasteiger partial charge on any atom is 0.274 e. The van der Waals surface area contributed by atoms with Crippen molar-refractivity contribution in [3.8, 4) is 11.5 Å². The minimum absolute atomic E-state index is 0.0839. The molecule has 1 saturated carbocycles. The van der Waals surface area contributed by atoms with E-state index in [0.717, 1.165) is 25.3 Å². The van der Waals surface area contributed by atoms with Gasteiger partial charge in [0, 0.05) is 12.5 Å². The Morgan fingerprint density at radius 3 is 2.32 bits per heavy atom. The first-order chi connectivity index (χ1) is 8.79. The number of methoxy groups -OCH3 is 2. The number of rotatable bonds is 5. The summed E-state index contributed by atoms with van der Waals surface area (Å²) in [5, 5.41) is 0. The van der Waals surface area contributed by atoms with Crippen LogP contribution in [0.25, 0.3) is 0 Å². The molecular formula is C14H19F2NO2. The molecular weight excluding hydrogens is 252 g/mol. The van der Waals surface area contributed by atoms with Crippen LogP contribution in [0.2, 0.25) is 0 Å². The standard InChI is InChI=1S/C14H19F2NO2/c1-13(15,16)10-6-9(8-14(17)4-5-14)7-11(18-2)12(10)19-3/h6-7H,4-5,8,17H2,1-3H3. The molecule has 0 unspecified atom stereocenters. The lowest BCUT2D eigenvalue weighted by Crippen LogP contribution is -2.24. The van der Waals surface area contributed by atoms with Crippen LogP contribution in [-0.4, -0.2) is 19.8 Å². The highest BCUT2D eigenvalue weighted by Crippen LogP contribution is 2.43. The van der Waals surface area contributed by atoms with E-state index in [4.69, 9.17) is 15.2 Å². The first-order valence-electron chi connectivity index (χ1n) is 6.21. The second-order valence-electron chi connectivity index (χ2n) is 5.31. The number of halogens is 2. The average Bonchev–Trinajstić information content (AvgIpc) is 3.04. The number of hydrogen-bond acceptors (Lipinski definition) is 3. The van der Waals surface area contributed by atoms with Gasteiger partial charge in [0.1, 0.15) is 0 Å². The third-order valence-corrected chi connectivity index (χ3v) is 3.46. The van der Waals surface area contributed by atoms with Crippen molar-refractivity contribution in [1.29, 1.82) is 0 Å². The van der Waals surface area contributed by atoms with Gasteiger partial charge in [-0.3, -0.25) is 0 Å². The first-order valence-corrected chi connectivity index (χ1v) is 6.21. The molecule has 1 fully saturated rings. The topological polar surface area (TPSA) is 44.5 Å². The molecule has 0 aliphatic heterocycles. The highest BCUT2D eigenvalue weighted by atomic mass is 19.3. The van der Waals surface area contributed by atoms with E-state index in [2.05, 4.69) is 0 Å². The van der Waals surface area contributed by atoms with E-state index in [1.807, 2.05) is 0 Å². The third kappa shape index (κ3) is 2.97. The van der Waals surface area contributed by atoms with Crippen LogP contribution in [-0.2, 0) is 12.3 Å². The summed E-state index contributed by atoms with van der Waals surface area (Å²) in [6.07, 6.45) is 2.44. The van der Waals surface area contributed by atoms with Crippen LogP contribution in [0, 0.1) is 0 Å². The highest BCUT2D eigenvalue weighted by Gasteiger charge is 2.39. The van der Waals surface area contributed by atoms with Crippen LogP contribution in [0.3, 0.4) is 0 Å². The first kappa shape index (κ1) is 14.1. The summed E-state index contributed by atoms with van der Waals surface area (Å²) in [5.41, 5.74) is 6.40. The Labute approximate surface area is 111 Å². The van der Waals surface area contributed by atoms with Crippen LogP contribution >= 0.6 is 0 Å². The third-order valence-electron chi connectivity index (χ3n) is 3.46. The van der Waals surface area contributed by atoms with Gasteiger partial charge in [0.15, 0.2) is 11.5 Å². The molecule has 0 spiro atoms. The smallest absolute Gasteiger partial charge is 0.274 e. The van der Waals surface area contributed by atoms with Gasteiger partial charge in [-0.1, -0.05) is 0 Å². The van der Waals surface area contributed by atoms with Gasteiger partial charge in [0.2, 0.25) is 0 Å². The predicted molar refractivity (Wildman–Crippen MR) is 69.0 cm³/mol. The lowest BCUT2D eigenvalue weighted by Gasteiger charge is -2.20. The Balaban J connectivity index is 2.46. The van der Waals surface area contributed by atoms with Gasteiger partial charge < -0.3 is 15.2 Å². The molecule has 1 aromatic rings. The van der Waals surface area contributed by atoms with Crippen molar-refractivity contribution in [3.63, 3.8) is 0 Å². The number of hydrogen-bond donors (Lipinski definition) is 1. The summed E-state index contributed by atoms with van der Waals surface area (Å²) in [6.45, 7) is 0.851. The average molecular weight is 271 g/mol. The Kier molecular flexibility index (Phi) is 3.43. The molecule has 1 aliphatic carbocycles. The molecule has 0 saturated heterocycles. The number of benzene rings is 1. The van der Waals surface area contributed by atoms with Crippen LogP contribution in [0.1, 0.15) is 30.9 Å². The van der Waals surface area contributed by atoms with Gasteiger partial charge in [-0.2, -0.15) is 0 Å². The van der Waals surface area contributed by atoms with E-state index in [1.165, 1.54) is 20.3 Å². The summed E-state index contributed by atoms with van der Waals surface area (Å²) in [7, 11) is 2.80. The van der Waals surface area contributed by atoms with Crippen molar-refractivity contribution in [2.45, 2.75) is 37.6 Å². The second-order valence-corrected chi connectivity index (χ2v) is 5.31. The van der Waals surface area contributed by atoms with Crippen molar-refractivity contribution in [1.82, 2.24) is 0 Å². The molecule has 0 heterocycles. The number of nitrogens with two attached hydrogens (primary N) is 1. The fourth-order valence-electron chi connectivity index (χ4n) is 2.19. The van der Waals surface area contributed by atoms with Gasteiger partial charge in [-0.05, 0) is 37.0 Å². The van der Waals surface area contributed by atoms with E-state index in [0.29, 0.717) is 12.2 Å². The fraction of sp³-hybridized carbons (Fsp3) is 0.571. The second kappa shape index (κ2) is 4.63. The normalized spacial score (nSPS) is 17.2. The summed E-state index contributed by atoms with van der Waals surface area (Å²) >= 11 is 0. The van der Waals surface area contributed by atoms with Crippen LogP contribution in [0.15, 0.2) is 12.1 Å². The monoisotopic (exact) mass is 271 g/mol. The fourth-order valence-corrected chi connectivity index (χ4v) is 2.19. The van der Waals surface area contributed by atoms with Gasteiger partial charge >= 0.3 is 0 Å². The van der Waals surface area contributed by atoms with E-state index >= 15 is 0 Å². The van der Waals surface area contributed by atoms with Crippen molar-refractivity contribution in [3.05, 3.63) is 23.3 Å². The lowest BCUT2D eigenvalue weighted by molar-refractivity contribution is 0.0146. The Bertz CT molecular complexity index is 479. The minimum Gasteiger partial charge on any atom is -0.493 e. The van der Waals surface area contributed by atoms with Crippen molar-refractivity contribution < 1.29 is 18.3 Å².